The molecule has 0 amide bonds. The van der Waals surface area contributed by atoms with Crippen LogP contribution in [0.25, 0.3) is 0 Å². The Morgan fingerprint density at radius 2 is 0.652 bits per heavy atom. The molecule has 0 heterocycles. The molecule has 0 bridgehead atoms. The Hall–Kier alpha value is -3.67. The van der Waals surface area contributed by atoms with Crippen molar-refractivity contribution in [2.75, 3.05) is 13.2 Å². The molecule has 0 N–H and O–H groups in total. The highest BCUT2D eigenvalue weighted by atomic mass is 16.6. The maximum Gasteiger partial charge on any atom is 0.309 e. The van der Waals surface area contributed by atoms with E-state index in [9.17, 15) is 14.4 Å². The average Bonchev–Trinajstić information content (AvgIpc) is 3.31. The Morgan fingerprint density at radius 1 is 0.333 bits per heavy atom. The fourth-order valence-electron chi connectivity index (χ4n) is 7.25. The van der Waals surface area contributed by atoms with Crippen molar-refractivity contribution in [2.24, 2.45) is 0 Å². The first-order valence-corrected chi connectivity index (χ1v) is 27.2. The molecule has 6 heteroatoms. The molecule has 0 aromatic heterocycles. The van der Waals surface area contributed by atoms with Gasteiger partial charge in [-0.25, -0.2) is 0 Å². The fourth-order valence-corrected chi connectivity index (χ4v) is 7.25. The lowest BCUT2D eigenvalue weighted by Crippen LogP contribution is -2.30. The van der Waals surface area contributed by atoms with Crippen LogP contribution in [0.5, 0.6) is 0 Å². The lowest BCUT2D eigenvalue weighted by Gasteiger charge is -2.18. The highest BCUT2D eigenvalue weighted by molar-refractivity contribution is 5.72. The van der Waals surface area contributed by atoms with Crippen molar-refractivity contribution in [3.05, 3.63) is 97.2 Å². The average molecular weight is 917 g/mol. The molecule has 0 aliphatic heterocycles. The van der Waals surface area contributed by atoms with Crippen molar-refractivity contribution in [3.8, 4) is 0 Å². The summed E-state index contributed by atoms with van der Waals surface area (Å²) in [6.45, 7) is 6.40. The molecule has 0 aromatic rings. The zero-order valence-corrected chi connectivity index (χ0v) is 42.9. The second-order valence-electron chi connectivity index (χ2n) is 17.8. The van der Waals surface area contributed by atoms with Crippen LogP contribution in [-0.4, -0.2) is 37.2 Å². The molecule has 0 aliphatic rings. The van der Waals surface area contributed by atoms with Gasteiger partial charge in [0.15, 0.2) is 6.10 Å². The van der Waals surface area contributed by atoms with E-state index in [1.807, 2.05) is 6.08 Å². The number of hydrogen-bond acceptors (Lipinski definition) is 6. The van der Waals surface area contributed by atoms with Gasteiger partial charge < -0.3 is 14.2 Å². The predicted octanol–water partition coefficient (Wildman–Crippen LogP) is 18.1. The summed E-state index contributed by atoms with van der Waals surface area (Å²) in [7, 11) is 0. The smallest absolute Gasteiger partial charge is 0.309 e. The maximum atomic E-state index is 12.8. The van der Waals surface area contributed by atoms with E-state index in [4.69, 9.17) is 14.2 Å². The minimum Gasteiger partial charge on any atom is -0.462 e. The Kier molecular flexibility index (Phi) is 50.9. The van der Waals surface area contributed by atoms with Gasteiger partial charge in [-0.1, -0.05) is 221 Å². The largest absolute Gasteiger partial charge is 0.462 e. The molecule has 0 rings (SSSR count). The molecule has 1 atom stereocenters. The third kappa shape index (κ3) is 51.3. The van der Waals surface area contributed by atoms with Gasteiger partial charge in [0.1, 0.15) is 13.2 Å². The molecule has 0 aliphatic carbocycles. The van der Waals surface area contributed by atoms with E-state index in [-0.39, 0.29) is 31.6 Å². The quantitative estimate of drug-likeness (QED) is 0.0262. The van der Waals surface area contributed by atoms with Crippen LogP contribution in [0, 0.1) is 0 Å². The molecule has 376 valence electrons. The van der Waals surface area contributed by atoms with Gasteiger partial charge in [0.05, 0.1) is 6.42 Å². The molecule has 0 saturated carbocycles. The first kappa shape index (κ1) is 62.3. The van der Waals surface area contributed by atoms with Crippen LogP contribution in [0.3, 0.4) is 0 Å². The van der Waals surface area contributed by atoms with Gasteiger partial charge in [0.2, 0.25) is 0 Å². The van der Waals surface area contributed by atoms with E-state index in [0.29, 0.717) is 12.8 Å². The number of unbranched alkanes of at least 4 members (excludes halogenated alkanes) is 22. The van der Waals surface area contributed by atoms with E-state index in [0.717, 1.165) is 96.3 Å². The zero-order valence-electron chi connectivity index (χ0n) is 42.9. The molecule has 0 aromatic carbocycles. The molecule has 1 unspecified atom stereocenters. The molecule has 66 heavy (non-hydrogen) atoms. The van der Waals surface area contributed by atoms with Crippen molar-refractivity contribution in [2.45, 2.75) is 252 Å². The van der Waals surface area contributed by atoms with Crippen molar-refractivity contribution in [1.82, 2.24) is 0 Å². The van der Waals surface area contributed by atoms with Crippen LogP contribution in [0.2, 0.25) is 0 Å². The van der Waals surface area contributed by atoms with Crippen LogP contribution >= 0.6 is 0 Å². The summed E-state index contributed by atoms with van der Waals surface area (Å²) in [6.07, 6.45) is 71.3. The van der Waals surface area contributed by atoms with E-state index < -0.39 is 12.1 Å². The zero-order chi connectivity index (χ0) is 47.9. The summed E-state index contributed by atoms with van der Waals surface area (Å²) < 4.78 is 16.7. The lowest BCUT2D eigenvalue weighted by atomic mass is 10.1. The second-order valence-corrected chi connectivity index (χ2v) is 17.8. The maximum absolute atomic E-state index is 12.8. The van der Waals surface area contributed by atoms with Crippen LogP contribution in [0.15, 0.2) is 97.2 Å². The van der Waals surface area contributed by atoms with Gasteiger partial charge in [0, 0.05) is 12.8 Å². The van der Waals surface area contributed by atoms with Gasteiger partial charge >= 0.3 is 17.9 Å². The Morgan fingerprint density at radius 3 is 1.09 bits per heavy atom. The number of esters is 3. The van der Waals surface area contributed by atoms with Crippen molar-refractivity contribution in [1.29, 1.82) is 0 Å². The minimum atomic E-state index is -0.827. The third-order valence-electron chi connectivity index (χ3n) is 11.3. The molecule has 0 radical (unpaired) electrons. The molecular formula is C60H100O6. The number of allylic oxidation sites excluding steroid dienone is 15. The Labute approximate surface area is 407 Å². The number of carbonyl (C=O) groups excluding carboxylic acids is 3. The van der Waals surface area contributed by atoms with Crippen LogP contribution in [0.4, 0.5) is 0 Å². The highest BCUT2D eigenvalue weighted by Gasteiger charge is 2.19. The normalized spacial score (nSPS) is 12.8. The number of rotatable bonds is 48. The van der Waals surface area contributed by atoms with E-state index >= 15 is 0 Å². The monoisotopic (exact) mass is 917 g/mol. The summed E-state index contributed by atoms with van der Waals surface area (Å²) >= 11 is 0. The first-order valence-electron chi connectivity index (χ1n) is 27.2. The third-order valence-corrected chi connectivity index (χ3v) is 11.3. The van der Waals surface area contributed by atoms with Crippen molar-refractivity contribution >= 4 is 17.9 Å². The molecule has 0 fully saturated rings. The first-order chi connectivity index (χ1) is 32.5. The Bertz CT molecular complexity index is 1330. The lowest BCUT2D eigenvalue weighted by molar-refractivity contribution is -0.166. The van der Waals surface area contributed by atoms with Crippen molar-refractivity contribution in [3.63, 3.8) is 0 Å². The van der Waals surface area contributed by atoms with E-state index in [2.05, 4.69) is 106 Å². The summed E-state index contributed by atoms with van der Waals surface area (Å²) in [5, 5.41) is 0. The minimum absolute atomic E-state index is 0.116. The topological polar surface area (TPSA) is 78.9 Å². The highest BCUT2D eigenvalue weighted by Crippen LogP contribution is 2.14. The van der Waals surface area contributed by atoms with Crippen molar-refractivity contribution < 1.29 is 28.6 Å². The Balaban J connectivity index is 4.53. The van der Waals surface area contributed by atoms with E-state index in [1.54, 1.807) is 6.08 Å². The number of ether oxygens (including phenoxy) is 3. The molecular weight excluding hydrogens is 817 g/mol. The fraction of sp³-hybridized carbons (Fsp3) is 0.683. The van der Waals surface area contributed by atoms with Gasteiger partial charge in [-0.15, -0.1) is 0 Å². The predicted molar refractivity (Wildman–Crippen MR) is 284 cm³/mol. The van der Waals surface area contributed by atoms with Gasteiger partial charge in [-0.05, 0) is 103 Å². The number of hydrogen-bond donors (Lipinski definition) is 0. The second kappa shape index (κ2) is 53.9. The number of carbonyl (C=O) groups is 3. The molecule has 6 nitrogen and oxygen atoms in total. The molecule has 0 saturated heterocycles. The van der Waals surface area contributed by atoms with Crippen LogP contribution < -0.4 is 0 Å². The van der Waals surface area contributed by atoms with Gasteiger partial charge in [-0.2, -0.15) is 0 Å². The standard InChI is InChI=1S/C60H100O6/c1-4-7-10-13-16-19-22-25-28-30-33-35-38-41-44-47-50-53-59(62)65-56-57(55-64-58(61)52-49-46-43-40-37-34-31-27-24-21-18-15-12-9-6-3)66-60(63)54-51-48-45-42-39-36-32-29-26-23-20-17-14-11-8-5-2/h9,12,18,20-21,23,25,27-29,31-32,37,40,46,49,57H,4-8,10-11,13-17,19,22,24,26,30,33-36,38-39,41-45,47-48,50-56H2,1-3H3/b12-9-,21-18-,23-20-,28-25-,31-27-,32-29-,40-37-,49-46-. The summed E-state index contributed by atoms with van der Waals surface area (Å²) in [5.41, 5.74) is 0. The van der Waals surface area contributed by atoms with Crippen LogP contribution in [-0.2, 0) is 28.6 Å². The van der Waals surface area contributed by atoms with E-state index in [1.165, 1.54) is 109 Å². The summed E-state index contributed by atoms with van der Waals surface area (Å²) in [6, 6.07) is 0. The summed E-state index contributed by atoms with van der Waals surface area (Å²) in [5.74, 6) is -1.07. The van der Waals surface area contributed by atoms with Crippen LogP contribution in [0.1, 0.15) is 245 Å². The molecule has 0 spiro atoms. The SMILES string of the molecule is CC/C=C\C/C=C\C/C=C\C/C=C\C/C=C\CC(=O)OCC(COC(=O)CCCCCCCCC/C=C\CCCCCCCC)OC(=O)CCCCCCC/C=C\C/C=C\CCCCCC. The van der Waals surface area contributed by atoms with Gasteiger partial charge in [-0.3, -0.25) is 14.4 Å². The van der Waals surface area contributed by atoms with Gasteiger partial charge in [0.25, 0.3) is 0 Å². The summed E-state index contributed by atoms with van der Waals surface area (Å²) in [4.78, 5) is 38.0.